The van der Waals surface area contributed by atoms with Gasteiger partial charge < -0.3 is 15.4 Å². The van der Waals surface area contributed by atoms with Crippen LogP contribution in [0.25, 0.3) is 0 Å². The van der Waals surface area contributed by atoms with E-state index in [9.17, 15) is 0 Å². The first-order chi connectivity index (χ1) is 9.29. The van der Waals surface area contributed by atoms with Gasteiger partial charge in [-0.15, -0.1) is 0 Å². The number of nitrogens with one attached hydrogen (secondary N) is 2. The maximum atomic E-state index is 5.42. The Morgan fingerprint density at radius 1 is 1.40 bits per heavy atom. The quantitative estimate of drug-likeness (QED) is 0.590. The summed E-state index contributed by atoms with van der Waals surface area (Å²) in [6.45, 7) is 13.9. The molecule has 20 heavy (non-hydrogen) atoms. The summed E-state index contributed by atoms with van der Waals surface area (Å²) in [5.41, 5.74) is -0.192. The summed E-state index contributed by atoms with van der Waals surface area (Å²) in [5.74, 6) is 1.49. The zero-order valence-corrected chi connectivity index (χ0v) is 14.2. The summed E-state index contributed by atoms with van der Waals surface area (Å²) in [6.07, 6.45) is 0. The van der Waals surface area contributed by atoms with Crippen molar-refractivity contribution < 1.29 is 4.74 Å². The Hall–Kier alpha value is -0.810. The third-order valence-corrected chi connectivity index (χ3v) is 4.15. The Morgan fingerprint density at radius 3 is 2.50 bits per heavy atom. The van der Waals surface area contributed by atoms with Crippen LogP contribution >= 0.6 is 0 Å². The lowest BCUT2D eigenvalue weighted by Gasteiger charge is -2.26. The average Bonchev–Trinajstić information content (AvgIpc) is 2.76. The highest BCUT2D eigenvalue weighted by atomic mass is 16.5. The van der Waals surface area contributed by atoms with Gasteiger partial charge in [-0.25, -0.2) is 0 Å². The van der Waals surface area contributed by atoms with Crippen LogP contribution in [0.1, 0.15) is 34.6 Å². The van der Waals surface area contributed by atoms with Crippen LogP contribution in [0.15, 0.2) is 4.99 Å². The molecule has 2 atom stereocenters. The second kappa shape index (κ2) is 7.27. The summed E-state index contributed by atoms with van der Waals surface area (Å²) in [4.78, 5) is 6.82. The van der Waals surface area contributed by atoms with Crippen molar-refractivity contribution >= 4 is 5.96 Å². The fourth-order valence-corrected chi connectivity index (χ4v) is 2.35. The molecular formula is C15H32N4O. The molecule has 0 aromatic rings. The number of nitrogens with zero attached hydrogens (tertiary/aromatic N) is 2. The Labute approximate surface area is 124 Å². The van der Waals surface area contributed by atoms with Gasteiger partial charge in [0, 0.05) is 45.9 Å². The third-order valence-electron chi connectivity index (χ3n) is 4.15. The van der Waals surface area contributed by atoms with Gasteiger partial charge in [-0.3, -0.25) is 9.89 Å². The van der Waals surface area contributed by atoms with Crippen LogP contribution in [0.3, 0.4) is 0 Å². The van der Waals surface area contributed by atoms with E-state index in [1.54, 1.807) is 7.11 Å². The SMILES string of the molecule is CN=C(NCC(C)(C)OC)NC1CN(C(C)C)CC1C. The summed E-state index contributed by atoms with van der Waals surface area (Å²) >= 11 is 0. The third kappa shape index (κ3) is 4.94. The molecular weight excluding hydrogens is 252 g/mol. The van der Waals surface area contributed by atoms with E-state index in [0.717, 1.165) is 25.6 Å². The maximum Gasteiger partial charge on any atom is 0.191 e. The summed E-state index contributed by atoms with van der Waals surface area (Å²) in [7, 11) is 3.55. The zero-order chi connectivity index (χ0) is 15.3. The molecule has 5 nitrogen and oxygen atoms in total. The van der Waals surface area contributed by atoms with Crippen LogP contribution in [-0.4, -0.2) is 62.3 Å². The van der Waals surface area contributed by atoms with Gasteiger partial charge in [0.15, 0.2) is 5.96 Å². The standard InChI is InChI=1S/C15H32N4O/c1-11(2)19-8-12(3)13(9-19)18-14(16-6)17-10-15(4,5)20-7/h11-13H,8-10H2,1-7H3,(H2,16,17,18). The lowest BCUT2D eigenvalue weighted by Crippen LogP contribution is -2.50. The Morgan fingerprint density at radius 2 is 2.05 bits per heavy atom. The van der Waals surface area contributed by atoms with Crippen LogP contribution in [0.4, 0.5) is 0 Å². The number of aliphatic imine (C=N–C) groups is 1. The predicted molar refractivity (Wildman–Crippen MR) is 85.2 cm³/mol. The van der Waals surface area contributed by atoms with Crippen molar-refractivity contribution in [3.63, 3.8) is 0 Å². The van der Waals surface area contributed by atoms with E-state index in [-0.39, 0.29) is 5.60 Å². The molecule has 0 aromatic heterocycles. The smallest absolute Gasteiger partial charge is 0.191 e. The van der Waals surface area contributed by atoms with Gasteiger partial charge in [-0.1, -0.05) is 6.92 Å². The molecule has 0 amide bonds. The minimum Gasteiger partial charge on any atom is -0.377 e. The molecule has 2 N–H and O–H groups in total. The summed E-state index contributed by atoms with van der Waals surface area (Å²) < 4.78 is 5.42. The monoisotopic (exact) mass is 284 g/mol. The number of methoxy groups -OCH3 is 1. The molecule has 0 radical (unpaired) electrons. The molecule has 1 heterocycles. The predicted octanol–water partition coefficient (Wildman–Crippen LogP) is 1.31. The largest absolute Gasteiger partial charge is 0.377 e. The molecule has 1 fully saturated rings. The normalized spacial score (nSPS) is 25.3. The van der Waals surface area contributed by atoms with E-state index in [2.05, 4.69) is 55.1 Å². The van der Waals surface area contributed by atoms with E-state index in [0.29, 0.717) is 18.0 Å². The second-order valence-corrected chi connectivity index (χ2v) is 6.67. The Kier molecular flexibility index (Phi) is 6.27. The van der Waals surface area contributed by atoms with Crippen molar-refractivity contribution in [1.29, 1.82) is 0 Å². The molecule has 1 saturated heterocycles. The first kappa shape index (κ1) is 17.2. The van der Waals surface area contributed by atoms with Gasteiger partial charge in [0.2, 0.25) is 0 Å². The van der Waals surface area contributed by atoms with Gasteiger partial charge in [0.1, 0.15) is 0 Å². The van der Waals surface area contributed by atoms with Gasteiger partial charge in [0.25, 0.3) is 0 Å². The van der Waals surface area contributed by atoms with Crippen LogP contribution in [0.2, 0.25) is 0 Å². The van der Waals surface area contributed by atoms with Crippen molar-refractivity contribution in [3.05, 3.63) is 0 Å². The molecule has 0 bridgehead atoms. The number of rotatable bonds is 5. The molecule has 0 saturated carbocycles. The van der Waals surface area contributed by atoms with Gasteiger partial charge in [-0.2, -0.15) is 0 Å². The van der Waals surface area contributed by atoms with Crippen LogP contribution in [0, 0.1) is 5.92 Å². The topological polar surface area (TPSA) is 48.9 Å². The Balaban J connectivity index is 2.49. The molecule has 118 valence electrons. The molecule has 2 unspecified atom stereocenters. The lowest BCUT2D eigenvalue weighted by molar-refractivity contribution is 0.0268. The summed E-state index contributed by atoms with van der Waals surface area (Å²) in [5, 5.41) is 6.89. The molecule has 1 rings (SSSR count). The fraction of sp³-hybridized carbons (Fsp3) is 0.933. The lowest BCUT2D eigenvalue weighted by atomic mass is 10.1. The molecule has 0 aromatic carbocycles. The van der Waals surface area contributed by atoms with E-state index in [1.165, 1.54) is 0 Å². The molecule has 1 aliphatic rings. The number of ether oxygens (including phenoxy) is 1. The molecule has 0 aliphatic carbocycles. The van der Waals surface area contributed by atoms with E-state index < -0.39 is 0 Å². The second-order valence-electron chi connectivity index (χ2n) is 6.67. The van der Waals surface area contributed by atoms with E-state index >= 15 is 0 Å². The number of hydrogen-bond donors (Lipinski definition) is 2. The van der Waals surface area contributed by atoms with Gasteiger partial charge in [-0.05, 0) is 33.6 Å². The van der Waals surface area contributed by atoms with Crippen LogP contribution in [0.5, 0.6) is 0 Å². The fourth-order valence-electron chi connectivity index (χ4n) is 2.35. The number of guanidine groups is 1. The molecule has 1 aliphatic heterocycles. The summed E-state index contributed by atoms with van der Waals surface area (Å²) in [6, 6.07) is 1.06. The van der Waals surface area contributed by atoms with Crippen LogP contribution in [-0.2, 0) is 4.74 Å². The van der Waals surface area contributed by atoms with Crippen molar-refractivity contribution in [3.8, 4) is 0 Å². The first-order valence-corrected chi connectivity index (χ1v) is 7.55. The maximum absolute atomic E-state index is 5.42. The minimum atomic E-state index is -0.192. The van der Waals surface area contributed by atoms with Gasteiger partial charge in [0.05, 0.1) is 5.60 Å². The highest BCUT2D eigenvalue weighted by Crippen LogP contribution is 2.18. The highest BCUT2D eigenvalue weighted by Gasteiger charge is 2.31. The van der Waals surface area contributed by atoms with E-state index in [4.69, 9.17) is 4.74 Å². The first-order valence-electron chi connectivity index (χ1n) is 7.55. The van der Waals surface area contributed by atoms with Crippen LogP contribution < -0.4 is 10.6 Å². The van der Waals surface area contributed by atoms with Crippen molar-refractivity contribution in [2.24, 2.45) is 10.9 Å². The minimum absolute atomic E-state index is 0.192. The van der Waals surface area contributed by atoms with Crippen molar-refractivity contribution in [2.75, 3.05) is 33.8 Å². The number of hydrogen-bond acceptors (Lipinski definition) is 3. The molecule has 5 heteroatoms. The molecule has 0 spiro atoms. The van der Waals surface area contributed by atoms with Crippen molar-refractivity contribution in [2.45, 2.75) is 52.3 Å². The van der Waals surface area contributed by atoms with Crippen molar-refractivity contribution in [1.82, 2.24) is 15.5 Å². The number of likely N-dealkylation sites (tertiary alicyclic amines) is 1. The van der Waals surface area contributed by atoms with E-state index in [1.807, 2.05) is 7.05 Å². The highest BCUT2D eigenvalue weighted by molar-refractivity contribution is 5.80. The van der Waals surface area contributed by atoms with Gasteiger partial charge >= 0.3 is 0 Å². The Bertz CT molecular complexity index is 328. The zero-order valence-electron chi connectivity index (χ0n) is 14.2. The average molecular weight is 284 g/mol.